The Balaban J connectivity index is 1.32. The van der Waals surface area contributed by atoms with Crippen LogP contribution in [-0.4, -0.2) is 68.7 Å². The maximum atomic E-state index is 14.3. The largest absolute Gasteiger partial charge is 0.480 e. The standard InChI is InChI=1S/C44H22N2O8S4/c47-33(48)17-45-41(51)21-8-6-20-36-24(28-10-12-32(58-28)30-4-2-14-56-30)16-26-38-22(42(52)46(44(26)54)18-34(49)50)7-5-19(40(36)38)35-23(15-25(43(45)53)37(21)39(20)35)27-9-11-31(57-27)29-3-1-13-55-29/h1-16H,17-18H2,(H,47,48)(H,49,50). The average Bonchev–Trinajstić information content (AvgIpc) is 4.06. The third kappa shape index (κ3) is 4.80. The number of rotatable bonds is 8. The number of thiophene rings is 4. The second-order valence-corrected chi connectivity index (χ2v) is 18.0. The molecule has 11 rings (SSSR count). The maximum absolute atomic E-state index is 14.3. The van der Waals surface area contributed by atoms with Crippen molar-refractivity contribution in [1.82, 2.24) is 9.80 Å². The summed E-state index contributed by atoms with van der Waals surface area (Å²) in [6.45, 7) is -1.61. The zero-order chi connectivity index (χ0) is 39.7. The van der Waals surface area contributed by atoms with E-state index in [-0.39, 0.29) is 22.3 Å². The number of carbonyl (C=O) groups excluding carboxylic acids is 4. The highest BCUT2D eigenvalue weighted by Gasteiger charge is 2.39. The van der Waals surface area contributed by atoms with Gasteiger partial charge in [0.2, 0.25) is 0 Å². The zero-order valence-electron chi connectivity index (χ0n) is 29.5. The lowest BCUT2D eigenvalue weighted by atomic mass is 9.79. The van der Waals surface area contributed by atoms with E-state index >= 15 is 0 Å². The zero-order valence-corrected chi connectivity index (χ0v) is 32.8. The van der Waals surface area contributed by atoms with Crippen molar-refractivity contribution in [2.75, 3.05) is 13.1 Å². The summed E-state index contributed by atoms with van der Waals surface area (Å²) in [6.07, 6.45) is 0. The van der Waals surface area contributed by atoms with Crippen LogP contribution in [0.3, 0.4) is 0 Å². The van der Waals surface area contributed by atoms with Crippen LogP contribution in [0, 0.1) is 0 Å². The van der Waals surface area contributed by atoms with Gasteiger partial charge in [-0.1, -0.05) is 24.3 Å². The van der Waals surface area contributed by atoms with Crippen molar-refractivity contribution in [2.45, 2.75) is 0 Å². The van der Waals surface area contributed by atoms with Gasteiger partial charge >= 0.3 is 11.9 Å². The Morgan fingerprint density at radius 3 is 1.21 bits per heavy atom. The Labute approximate surface area is 342 Å². The first-order valence-corrected chi connectivity index (χ1v) is 21.2. The molecule has 2 N–H and O–H groups in total. The smallest absolute Gasteiger partial charge is 0.323 e. The van der Waals surface area contributed by atoms with Gasteiger partial charge in [0.25, 0.3) is 23.6 Å². The van der Waals surface area contributed by atoms with E-state index in [1.54, 1.807) is 59.1 Å². The van der Waals surface area contributed by atoms with Crippen LogP contribution in [0.4, 0.5) is 0 Å². The molecule has 280 valence electrons. The fourth-order valence-electron chi connectivity index (χ4n) is 8.58. The van der Waals surface area contributed by atoms with E-state index in [9.17, 15) is 39.0 Å². The molecule has 0 atom stereocenters. The molecule has 0 bridgehead atoms. The van der Waals surface area contributed by atoms with Gasteiger partial charge in [0.1, 0.15) is 13.1 Å². The number of carboxylic acid groups (broad SMARTS) is 2. The molecule has 9 aromatic rings. The van der Waals surface area contributed by atoms with Crippen LogP contribution in [0.25, 0.3) is 83.5 Å². The molecular formula is C44H22N2O8S4. The minimum Gasteiger partial charge on any atom is -0.480 e. The highest BCUT2D eigenvalue weighted by Crippen LogP contribution is 2.53. The average molecular weight is 835 g/mol. The number of amides is 4. The summed E-state index contributed by atoms with van der Waals surface area (Å²) < 4.78 is 0. The normalized spacial score (nSPS) is 14.0. The fourth-order valence-corrected chi connectivity index (χ4v) is 12.3. The van der Waals surface area contributed by atoms with Crippen molar-refractivity contribution in [3.8, 4) is 40.4 Å². The van der Waals surface area contributed by atoms with E-state index in [2.05, 4.69) is 0 Å². The number of carbonyl (C=O) groups is 6. The SMILES string of the molecule is O=C(O)CN1C(=O)c2ccc3c4c(-c5ccc(-c6cccs6)s5)cc5c6c(ccc(c7c(-c8ccc(-c9cccs9)s8)cc(c2c37)C1=O)c64)C(=O)N(CC(=O)O)C5=O. The third-order valence-electron chi connectivity index (χ3n) is 10.9. The highest BCUT2D eigenvalue weighted by molar-refractivity contribution is 7.24. The van der Waals surface area contributed by atoms with E-state index < -0.39 is 48.7 Å². The van der Waals surface area contributed by atoms with Gasteiger partial charge in [-0.15, -0.1) is 45.3 Å². The van der Waals surface area contributed by atoms with Gasteiger partial charge in [-0.2, -0.15) is 0 Å². The molecule has 4 amide bonds. The molecular weight excluding hydrogens is 813 g/mol. The Morgan fingerprint density at radius 2 is 0.828 bits per heavy atom. The first-order valence-electron chi connectivity index (χ1n) is 17.8. The van der Waals surface area contributed by atoms with E-state index in [4.69, 9.17) is 0 Å². The third-order valence-corrected chi connectivity index (χ3v) is 15.2. The van der Waals surface area contributed by atoms with Crippen molar-refractivity contribution in [3.63, 3.8) is 0 Å². The lowest BCUT2D eigenvalue weighted by Crippen LogP contribution is -2.43. The molecule has 0 aliphatic carbocycles. The molecule has 0 saturated heterocycles. The number of carboxylic acids is 2. The Bertz CT molecular complexity index is 3120. The van der Waals surface area contributed by atoms with Crippen LogP contribution >= 0.6 is 45.3 Å². The summed E-state index contributed by atoms with van der Waals surface area (Å²) in [6, 6.07) is 26.3. The van der Waals surface area contributed by atoms with E-state index in [0.717, 1.165) is 39.1 Å². The summed E-state index contributed by atoms with van der Waals surface area (Å²) >= 11 is 6.23. The number of benzene rings is 5. The van der Waals surface area contributed by atoms with Gasteiger partial charge in [0.05, 0.1) is 0 Å². The predicted octanol–water partition coefficient (Wildman–Crippen LogP) is 10.0. The molecule has 0 saturated carbocycles. The van der Waals surface area contributed by atoms with Gasteiger partial charge < -0.3 is 10.2 Å². The van der Waals surface area contributed by atoms with Gasteiger partial charge in [0.15, 0.2) is 0 Å². The minimum atomic E-state index is -1.32. The molecule has 5 aromatic carbocycles. The monoisotopic (exact) mass is 834 g/mol. The molecule has 6 heterocycles. The Hall–Kier alpha value is -6.58. The lowest BCUT2D eigenvalue weighted by Gasteiger charge is -2.30. The molecule has 14 heteroatoms. The van der Waals surface area contributed by atoms with Crippen molar-refractivity contribution >= 4 is 124 Å². The second-order valence-electron chi connectivity index (χ2n) is 14.0. The molecule has 0 spiro atoms. The molecule has 58 heavy (non-hydrogen) atoms. The van der Waals surface area contributed by atoms with Gasteiger partial charge in [0, 0.05) is 73.4 Å². The number of hydrogen-bond acceptors (Lipinski definition) is 10. The fraction of sp³-hybridized carbons (Fsp3) is 0.0455. The van der Waals surface area contributed by atoms with Crippen LogP contribution in [0.15, 0.2) is 95.7 Å². The van der Waals surface area contributed by atoms with Gasteiger partial charge in [-0.05, 0) is 104 Å². The Morgan fingerprint density at radius 1 is 0.431 bits per heavy atom. The minimum absolute atomic E-state index is 0.189. The lowest BCUT2D eigenvalue weighted by molar-refractivity contribution is -0.138. The van der Waals surface area contributed by atoms with Crippen LogP contribution in [-0.2, 0) is 9.59 Å². The van der Waals surface area contributed by atoms with Crippen molar-refractivity contribution in [3.05, 3.63) is 118 Å². The summed E-state index contributed by atoms with van der Waals surface area (Å²) in [7, 11) is 0. The molecule has 2 aliphatic heterocycles. The first kappa shape index (κ1) is 34.7. The number of aliphatic carboxylic acids is 2. The maximum Gasteiger partial charge on any atom is 0.323 e. The van der Waals surface area contributed by atoms with Gasteiger partial charge in [-0.3, -0.25) is 38.6 Å². The van der Waals surface area contributed by atoms with Crippen molar-refractivity contribution < 1.29 is 39.0 Å². The van der Waals surface area contributed by atoms with Crippen LogP contribution < -0.4 is 0 Å². The second kappa shape index (κ2) is 12.5. The van der Waals surface area contributed by atoms with E-state index in [1.165, 1.54) is 22.7 Å². The molecule has 0 fully saturated rings. The van der Waals surface area contributed by atoms with Gasteiger partial charge in [-0.25, -0.2) is 0 Å². The number of imide groups is 2. The molecule has 0 unspecified atom stereocenters. The number of hydrogen-bond donors (Lipinski definition) is 2. The summed E-state index contributed by atoms with van der Waals surface area (Å²) in [5.41, 5.74) is 2.09. The van der Waals surface area contributed by atoms with E-state index in [0.29, 0.717) is 54.2 Å². The summed E-state index contributed by atoms with van der Waals surface area (Å²) in [5, 5.41) is 28.3. The topological polar surface area (TPSA) is 149 Å². The van der Waals surface area contributed by atoms with Crippen LogP contribution in [0.1, 0.15) is 41.4 Å². The van der Waals surface area contributed by atoms with E-state index in [1.807, 2.05) is 59.3 Å². The molecule has 0 radical (unpaired) electrons. The number of nitrogens with zero attached hydrogens (tertiary/aromatic N) is 2. The molecule has 10 nitrogen and oxygen atoms in total. The first-order chi connectivity index (χ1) is 28.1. The summed E-state index contributed by atoms with van der Waals surface area (Å²) in [5.74, 6) is -5.51. The molecule has 4 aromatic heterocycles. The molecule has 2 aliphatic rings. The van der Waals surface area contributed by atoms with Crippen molar-refractivity contribution in [1.29, 1.82) is 0 Å². The van der Waals surface area contributed by atoms with Crippen LogP contribution in [0.2, 0.25) is 0 Å². The van der Waals surface area contributed by atoms with Crippen LogP contribution in [0.5, 0.6) is 0 Å². The predicted molar refractivity (Wildman–Crippen MR) is 227 cm³/mol. The highest BCUT2D eigenvalue weighted by atomic mass is 32.1. The van der Waals surface area contributed by atoms with Crippen molar-refractivity contribution in [2.24, 2.45) is 0 Å². The summed E-state index contributed by atoms with van der Waals surface area (Å²) in [4.78, 5) is 87.9. The number of fused-ring (bicyclic) bond motifs is 2. The Kier molecular flexibility index (Phi) is 7.44. The quantitative estimate of drug-likeness (QED) is 0.0873.